The molecule has 0 saturated carbocycles. The monoisotopic (exact) mass is 299 g/mol. The van der Waals surface area contributed by atoms with Gasteiger partial charge in [-0.05, 0) is 30.2 Å². The molecule has 2 N–H and O–H groups in total. The minimum absolute atomic E-state index is 0.138. The first-order valence-corrected chi connectivity index (χ1v) is 7.09. The third kappa shape index (κ3) is 2.89. The number of amides is 1. The average Bonchev–Trinajstić information content (AvgIpc) is 2.54. The zero-order valence-corrected chi connectivity index (χ0v) is 12.2. The van der Waals surface area contributed by atoms with E-state index in [0.717, 1.165) is 5.56 Å². The van der Waals surface area contributed by atoms with E-state index in [4.69, 9.17) is 9.47 Å². The van der Waals surface area contributed by atoms with Crippen LogP contribution in [0.2, 0.25) is 0 Å². The van der Waals surface area contributed by atoms with Gasteiger partial charge in [0.15, 0.2) is 17.6 Å². The predicted octanol–water partition coefficient (Wildman–Crippen LogP) is 2.48. The first-order chi connectivity index (χ1) is 10.7. The van der Waals surface area contributed by atoms with Gasteiger partial charge in [-0.15, -0.1) is 0 Å². The maximum atomic E-state index is 11.7. The molecule has 1 unspecified atom stereocenters. The number of carbonyl (C=O) groups is 1. The van der Waals surface area contributed by atoms with E-state index < -0.39 is 6.10 Å². The number of hydrogen-bond acceptors (Lipinski definition) is 4. The summed E-state index contributed by atoms with van der Waals surface area (Å²) in [7, 11) is 0. The molecule has 1 aliphatic heterocycles. The minimum Gasteiger partial charge on any atom is -0.485 e. The van der Waals surface area contributed by atoms with Gasteiger partial charge in [-0.1, -0.05) is 30.3 Å². The second-order valence-corrected chi connectivity index (χ2v) is 5.15. The molecule has 1 amide bonds. The van der Waals surface area contributed by atoms with Gasteiger partial charge in [0.2, 0.25) is 0 Å². The van der Waals surface area contributed by atoms with Crippen molar-refractivity contribution < 1.29 is 19.4 Å². The smallest absolute Gasteiger partial charge is 0.265 e. The number of aliphatic hydroxyl groups is 1. The van der Waals surface area contributed by atoms with E-state index in [1.54, 1.807) is 19.1 Å². The van der Waals surface area contributed by atoms with Gasteiger partial charge in [-0.3, -0.25) is 4.79 Å². The normalized spacial score (nSPS) is 16.5. The Balaban J connectivity index is 1.89. The molecule has 114 valence electrons. The standard InChI is InChI=1S/C17H17NO4/c1-11-17(20)18-14-7-13(9-19)8-15(16(14)22-11)21-10-12-5-3-2-4-6-12/h2-8,11,19H,9-10H2,1H3,(H,18,20). The highest BCUT2D eigenvalue weighted by Gasteiger charge is 2.27. The van der Waals surface area contributed by atoms with E-state index in [1.807, 2.05) is 30.3 Å². The highest BCUT2D eigenvalue weighted by Crippen LogP contribution is 2.40. The van der Waals surface area contributed by atoms with Gasteiger partial charge >= 0.3 is 0 Å². The summed E-state index contributed by atoms with van der Waals surface area (Å²) in [5.41, 5.74) is 2.21. The SMILES string of the molecule is CC1Oc2c(cc(CO)cc2OCc2ccccc2)NC1=O. The number of ether oxygens (including phenoxy) is 2. The first kappa shape index (κ1) is 14.4. The summed E-state index contributed by atoms with van der Waals surface area (Å²) in [5.74, 6) is 0.800. The first-order valence-electron chi connectivity index (χ1n) is 7.09. The highest BCUT2D eigenvalue weighted by atomic mass is 16.5. The van der Waals surface area contributed by atoms with Crippen LogP contribution in [0, 0.1) is 0 Å². The summed E-state index contributed by atoms with van der Waals surface area (Å²) in [4.78, 5) is 11.7. The summed E-state index contributed by atoms with van der Waals surface area (Å²) < 4.78 is 11.5. The predicted molar refractivity (Wildman–Crippen MR) is 81.9 cm³/mol. The van der Waals surface area contributed by atoms with E-state index >= 15 is 0 Å². The average molecular weight is 299 g/mol. The number of aliphatic hydroxyl groups excluding tert-OH is 1. The summed E-state index contributed by atoms with van der Waals surface area (Å²) in [6.45, 7) is 1.92. The molecule has 0 fully saturated rings. The van der Waals surface area contributed by atoms with Crippen LogP contribution >= 0.6 is 0 Å². The molecule has 0 bridgehead atoms. The number of fused-ring (bicyclic) bond motifs is 1. The molecule has 0 radical (unpaired) electrons. The Hall–Kier alpha value is -2.53. The molecular formula is C17H17NO4. The third-order valence-electron chi connectivity index (χ3n) is 3.46. The molecule has 1 aliphatic rings. The lowest BCUT2D eigenvalue weighted by atomic mass is 10.1. The van der Waals surface area contributed by atoms with Gasteiger partial charge in [-0.25, -0.2) is 0 Å². The minimum atomic E-state index is -0.577. The Morgan fingerprint density at radius 1 is 1.23 bits per heavy atom. The number of hydrogen-bond donors (Lipinski definition) is 2. The molecule has 5 heteroatoms. The number of nitrogens with one attached hydrogen (secondary N) is 1. The van der Waals surface area contributed by atoms with Crippen LogP contribution in [0.1, 0.15) is 18.1 Å². The van der Waals surface area contributed by atoms with Crippen molar-refractivity contribution in [3.05, 3.63) is 53.6 Å². The Morgan fingerprint density at radius 2 is 2.00 bits per heavy atom. The van der Waals surface area contributed by atoms with Crippen molar-refractivity contribution in [1.29, 1.82) is 0 Å². The molecule has 2 aromatic carbocycles. The van der Waals surface area contributed by atoms with E-state index in [2.05, 4.69) is 5.32 Å². The van der Waals surface area contributed by atoms with Crippen LogP contribution < -0.4 is 14.8 Å². The maximum absolute atomic E-state index is 11.7. The van der Waals surface area contributed by atoms with Crippen molar-refractivity contribution >= 4 is 11.6 Å². The number of benzene rings is 2. The molecule has 3 rings (SSSR count). The fourth-order valence-corrected chi connectivity index (χ4v) is 2.27. The fourth-order valence-electron chi connectivity index (χ4n) is 2.27. The van der Waals surface area contributed by atoms with Gasteiger partial charge in [-0.2, -0.15) is 0 Å². The van der Waals surface area contributed by atoms with Gasteiger partial charge < -0.3 is 19.9 Å². The van der Waals surface area contributed by atoms with Crippen molar-refractivity contribution in [3.63, 3.8) is 0 Å². The van der Waals surface area contributed by atoms with Crippen molar-refractivity contribution in [2.75, 3.05) is 5.32 Å². The lowest BCUT2D eigenvalue weighted by Crippen LogP contribution is -2.34. The molecule has 0 aromatic heterocycles. The molecule has 0 aliphatic carbocycles. The van der Waals surface area contributed by atoms with E-state index in [1.165, 1.54) is 0 Å². The van der Waals surface area contributed by atoms with Gasteiger partial charge in [0.05, 0.1) is 12.3 Å². The molecule has 1 heterocycles. The van der Waals surface area contributed by atoms with E-state index in [9.17, 15) is 9.90 Å². The van der Waals surface area contributed by atoms with Crippen molar-refractivity contribution in [2.24, 2.45) is 0 Å². The van der Waals surface area contributed by atoms with Crippen LogP contribution in [0.25, 0.3) is 0 Å². The molecule has 0 saturated heterocycles. The Bertz CT molecular complexity index is 685. The quantitative estimate of drug-likeness (QED) is 0.910. The van der Waals surface area contributed by atoms with Crippen LogP contribution in [0.4, 0.5) is 5.69 Å². The zero-order valence-electron chi connectivity index (χ0n) is 12.2. The highest BCUT2D eigenvalue weighted by molar-refractivity contribution is 5.98. The fraction of sp³-hybridized carbons (Fsp3) is 0.235. The summed E-state index contributed by atoms with van der Waals surface area (Å²) >= 11 is 0. The van der Waals surface area contributed by atoms with Crippen molar-refractivity contribution in [1.82, 2.24) is 0 Å². The van der Waals surface area contributed by atoms with Crippen LogP contribution in [0.5, 0.6) is 11.5 Å². The maximum Gasteiger partial charge on any atom is 0.265 e. The van der Waals surface area contributed by atoms with Gasteiger partial charge in [0.1, 0.15) is 6.61 Å². The van der Waals surface area contributed by atoms with Crippen molar-refractivity contribution in [2.45, 2.75) is 26.2 Å². The second-order valence-electron chi connectivity index (χ2n) is 5.15. The Morgan fingerprint density at radius 3 is 2.73 bits per heavy atom. The van der Waals surface area contributed by atoms with Crippen molar-refractivity contribution in [3.8, 4) is 11.5 Å². The second kappa shape index (κ2) is 6.07. The van der Waals surface area contributed by atoms with Crippen LogP contribution in [0.15, 0.2) is 42.5 Å². The molecule has 1 atom stereocenters. The summed E-state index contributed by atoms with van der Waals surface area (Å²) in [6, 6.07) is 13.2. The van der Waals surface area contributed by atoms with Crippen LogP contribution in [-0.2, 0) is 18.0 Å². The van der Waals surface area contributed by atoms with Gasteiger partial charge in [0.25, 0.3) is 5.91 Å². The number of anilines is 1. The summed E-state index contributed by atoms with van der Waals surface area (Å²) in [6.07, 6.45) is -0.577. The van der Waals surface area contributed by atoms with Crippen LogP contribution in [0.3, 0.4) is 0 Å². The third-order valence-corrected chi connectivity index (χ3v) is 3.46. The van der Waals surface area contributed by atoms with E-state index in [-0.39, 0.29) is 12.5 Å². The molecule has 0 spiro atoms. The lowest BCUT2D eigenvalue weighted by Gasteiger charge is -2.26. The number of rotatable bonds is 4. The Kier molecular flexibility index (Phi) is 3.98. The van der Waals surface area contributed by atoms with Crippen LogP contribution in [-0.4, -0.2) is 17.1 Å². The molecule has 2 aromatic rings. The molecule has 22 heavy (non-hydrogen) atoms. The zero-order chi connectivity index (χ0) is 15.5. The Labute approximate surface area is 128 Å². The van der Waals surface area contributed by atoms with E-state index in [0.29, 0.717) is 29.4 Å². The molecule has 5 nitrogen and oxygen atoms in total. The molecular weight excluding hydrogens is 282 g/mol. The van der Waals surface area contributed by atoms with Gasteiger partial charge in [0, 0.05) is 0 Å². The largest absolute Gasteiger partial charge is 0.485 e. The topological polar surface area (TPSA) is 67.8 Å². The lowest BCUT2D eigenvalue weighted by molar-refractivity contribution is -0.122. The number of carbonyl (C=O) groups excluding carboxylic acids is 1. The summed E-state index contributed by atoms with van der Waals surface area (Å²) in [5, 5.41) is 12.1.